The van der Waals surface area contributed by atoms with Gasteiger partial charge in [-0.3, -0.25) is 0 Å². The van der Waals surface area contributed by atoms with Crippen LogP contribution in [0.15, 0.2) is 162 Å². The molecular formula is C52H36N4O. The van der Waals surface area contributed by atoms with Gasteiger partial charge in [0.2, 0.25) is 0 Å². The van der Waals surface area contributed by atoms with Crippen LogP contribution in [0.4, 0.5) is 0 Å². The minimum Gasteiger partial charge on any atom is -0.456 e. The minimum atomic E-state index is -0.0190. The molecule has 0 N–H and O–H groups in total. The predicted molar refractivity (Wildman–Crippen MR) is 228 cm³/mol. The van der Waals surface area contributed by atoms with Gasteiger partial charge in [-0.2, -0.15) is 5.26 Å². The van der Waals surface area contributed by atoms with Gasteiger partial charge in [0.05, 0.1) is 11.6 Å². The number of fused-ring (bicyclic) bond motifs is 8. The highest BCUT2D eigenvalue weighted by molar-refractivity contribution is 6.06. The first-order chi connectivity index (χ1) is 28.1. The molecule has 5 heteroatoms. The van der Waals surface area contributed by atoms with Crippen LogP contribution < -0.4 is 0 Å². The van der Waals surface area contributed by atoms with Crippen LogP contribution in [-0.4, -0.2) is 15.0 Å². The number of nitrogens with zero attached hydrogens (tertiary/aromatic N) is 4. The van der Waals surface area contributed by atoms with Crippen molar-refractivity contribution in [1.82, 2.24) is 15.0 Å². The Labute approximate surface area is 331 Å². The zero-order valence-corrected chi connectivity index (χ0v) is 31.2. The lowest BCUT2D eigenvalue weighted by Crippen LogP contribution is -2.28. The predicted octanol–water partition coefficient (Wildman–Crippen LogP) is 13.2. The molecule has 1 saturated carbocycles. The van der Waals surface area contributed by atoms with Crippen molar-refractivity contribution in [3.8, 4) is 73.6 Å². The summed E-state index contributed by atoms with van der Waals surface area (Å²) in [6, 6.07) is 57.3. The molecule has 57 heavy (non-hydrogen) atoms. The maximum atomic E-state index is 9.84. The number of benzene rings is 7. The lowest BCUT2D eigenvalue weighted by Gasteiger charge is -2.36. The zero-order valence-electron chi connectivity index (χ0n) is 31.2. The van der Waals surface area contributed by atoms with Crippen LogP contribution in [0.25, 0.3) is 89.5 Å². The number of furan rings is 1. The Morgan fingerprint density at radius 1 is 0.456 bits per heavy atom. The molecule has 0 unspecified atom stereocenters. The first-order valence-corrected chi connectivity index (χ1v) is 19.8. The van der Waals surface area contributed by atoms with Gasteiger partial charge >= 0.3 is 0 Å². The summed E-state index contributed by atoms with van der Waals surface area (Å²) in [6.45, 7) is 0. The Hall–Kier alpha value is -7.16. The highest BCUT2D eigenvalue weighted by Gasteiger charge is 2.44. The molecule has 5 nitrogen and oxygen atoms in total. The topological polar surface area (TPSA) is 75.6 Å². The maximum absolute atomic E-state index is 9.84. The molecule has 2 aromatic heterocycles. The van der Waals surface area contributed by atoms with Crippen molar-refractivity contribution in [1.29, 1.82) is 5.26 Å². The highest BCUT2D eigenvalue weighted by atomic mass is 16.3. The van der Waals surface area contributed by atoms with E-state index in [1.807, 2.05) is 66.7 Å². The van der Waals surface area contributed by atoms with E-state index in [2.05, 4.69) is 97.1 Å². The Balaban J connectivity index is 0.973. The third-order valence-electron chi connectivity index (χ3n) is 12.2. The van der Waals surface area contributed by atoms with E-state index in [0.717, 1.165) is 68.2 Å². The summed E-state index contributed by atoms with van der Waals surface area (Å²) in [5, 5.41) is 11.9. The fourth-order valence-electron chi connectivity index (χ4n) is 9.44. The van der Waals surface area contributed by atoms with Gasteiger partial charge in [-0.15, -0.1) is 0 Å². The quantitative estimate of drug-likeness (QED) is 0.176. The van der Waals surface area contributed by atoms with Crippen molar-refractivity contribution >= 4 is 21.9 Å². The Kier molecular flexibility index (Phi) is 7.72. The van der Waals surface area contributed by atoms with E-state index in [1.54, 1.807) is 0 Å². The lowest BCUT2D eigenvalue weighted by atomic mass is 9.67. The number of nitriles is 1. The van der Waals surface area contributed by atoms with Crippen LogP contribution in [0.1, 0.15) is 48.8 Å². The van der Waals surface area contributed by atoms with E-state index in [0.29, 0.717) is 17.5 Å². The van der Waals surface area contributed by atoms with Crippen LogP contribution in [-0.2, 0) is 5.41 Å². The molecule has 2 heterocycles. The van der Waals surface area contributed by atoms with E-state index >= 15 is 0 Å². The second kappa shape index (κ2) is 13.3. The van der Waals surface area contributed by atoms with Gasteiger partial charge in [-0.25, -0.2) is 15.0 Å². The first-order valence-electron chi connectivity index (χ1n) is 19.8. The summed E-state index contributed by atoms with van der Waals surface area (Å²) in [6.07, 6.45) is 5.95. The number of para-hydroxylation sites is 1. The van der Waals surface area contributed by atoms with Crippen molar-refractivity contribution in [3.05, 3.63) is 174 Å². The van der Waals surface area contributed by atoms with Gasteiger partial charge in [0.15, 0.2) is 17.5 Å². The standard InChI is InChI=1S/C52H36N4O/c53-32-33-19-25-42-45(29-33)52(27-7-2-8-28-52)44-17-10-16-40(48(42)44)38-14-9-13-37(30-38)34-20-22-36(23-21-34)50-54-49(35-11-3-1-4-12-35)55-51(56-50)39-24-26-47-43(31-39)41-15-5-6-18-46(41)57-47/h1,3-6,9-26,29-31H,2,7-8,27-28H2. The monoisotopic (exact) mass is 732 g/mol. The van der Waals surface area contributed by atoms with Gasteiger partial charge in [0.1, 0.15) is 11.2 Å². The second-order valence-corrected chi connectivity index (χ2v) is 15.4. The summed E-state index contributed by atoms with van der Waals surface area (Å²) < 4.78 is 6.11. The van der Waals surface area contributed by atoms with Gasteiger partial charge < -0.3 is 4.42 Å². The summed E-state index contributed by atoms with van der Waals surface area (Å²) in [5.74, 6) is 1.85. The lowest BCUT2D eigenvalue weighted by molar-refractivity contribution is 0.353. The van der Waals surface area contributed by atoms with E-state index in [-0.39, 0.29) is 5.41 Å². The molecule has 270 valence electrons. The third kappa shape index (κ3) is 5.48. The molecular weight excluding hydrogens is 697 g/mol. The SMILES string of the molecule is N#Cc1ccc2c(c1)C1(CCCCC1)c1cccc(-c3cccc(-c4ccc(-c5nc(-c6ccccc6)nc(-c6ccc7oc8ccccc8c7c6)n5)cc4)c3)c1-2. The second-order valence-electron chi connectivity index (χ2n) is 15.4. The highest BCUT2D eigenvalue weighted by Crippen LogP contribution is 2.58. The van der Waals surface area contributed by atoms with Crippen molar-refractivity contribution in [2.75, 3.05) is 0 Å². The third-order valence-corrected chi connectivity index (χ3v) is 12.2. The van der Waals surface area contributed by atoms with Gasteiger partial charge in [0, 0.05) is 32.9 Å². The van der Waals surface area contributed by atoms with Gasteiger partial charge in [-0.1, -0.05) is 135 Å². The maximum Gasteiger partial charge on any atom is 0.164 e. The molecule has 11 rings (SSSR count). The largest absolute Gasteiger partial charge is 0.456 e. The molecule has 0 bridgehead atoms. The average molecular weight is 733 g/mol. The molecule has 0 radical (unpaired) electrons. The molecule has 7 aromatic carbocycles. The molecule has 9 aromatic rings. The number of rotatable bonds is 5. The van der Waals surface area contributed by atoms with E-state index < -0.39 is 0 Å². The van der Waals surface area contributed by atoms with Crippen LogP contribution in [0, 0.1) is 11.3 Å². The average Bonchev–Trinajstić information content (AvgIpc) is 3.79. The summed E-state index contributed by atoms with van der Waals surface area (Å²) >= 11 is 0. The molecule has 1 spiro atoms. The van der Waals surface area contributed by atoms with Crippen molar-refractivity contribution in [2.45, 2.75) is 37.5 Å². The van der Waals surface area contributed by atoms with Crippen molar-refractivity contribution in [2.24, 2.45) is 0 Å². The first kappa shape index (κ1) is 33.2. The minimum absolute atomic E-state index is 0.0190. The molecule has 0 atom stereocenters. The summed E-state index contributed by atoms with van der Waals surface area (Å²) in [7, 11) is 0. The Morgan fingerprint density at radius 2 is 1.11 bits per heavy atom. The van der Waals surface area contributed by atoms with E-state index in [9.17, 15) is 5.26 Å². The Morgan fingerprint density at radius 3 is 1.91 bits per heavy atom. The van der Waals surface area contributed by atoms with Crippen LogP contribution >= 0.6 is 0 Å². The zero-order chi connectivity index (χ0) is 37.9. The summed E-state index contributed by atoms with van der Waals surface area (Å²) in [5.41, 5.74) is 15.2. The molecule has 2 aliphatic rings. The van der Waals surface area contributed by atoms with Crippen LogP contribution in [0.3, 0.4) is 0 Å². The van der Waals surface area contributed by atoms with Crippen LogP contribution in [0.5, 0.6) is 0 Å². The number of hydrogen-bond donors (Lipinski definition) is 0. The molecule has 0 saturated heterocycles. The number of aromatic nitrogens is 3. The van der Waals surface area contributed by atoms with Crippen LogP contribution in [0.2, 0.25) is 0 Å². The van der Waals surface area contributed by atoms with E-state index in [4.69, 9.17) is 19.4 Å². The molecule has 0 aliphatic heterocycles. The summed E-state index contributed by atoms with van der Waals surface area (Å²) in [4.78, 5) is 15.0. The fourth-order valence-corrected chi connectivity index (χ4v) is 9.44. The van der Waals surface area contributed by atoms with Crippen molar-refractivity contribution < 1.29 is 4.42 Å². The smallest absolute Gasteiger partial charge is 0.164 e. The van der Waals surface area contributed by atoms with E-state index in [1.165, 1.54) is 52.6 Å². The molecule has 1 fully saturated rings. The van der Waals surface area contributed by atoms with Crippen molar-refractivity contribution in [3.63, 3.8) is 0 Å². The Bertz CT molecular complexity index is 3060. The molecule has 2 aliphatic carbocycles. The van der Waals surface area contributed by atoms with Gasteiger partial charge in [-0.05, 0) is 99.8 Å². The molecule has 0 amide bonds. The fraction of sp³-hybridized carbons (Fsp3) is 0.115. The normalized spacial score (nSPS) is 14.1. The number of hydrogen-bond acceptors (Lipinski definition) is 5. The van der Waals surface area contributed by atoms with Gasteiger partial charge in [0.25, 0.3) is 0 Å².